The SMILES string of the molecule is CN(C(=O)c1ncccc1C#CCN)C1CCCCC1. The van der Waals surface area contributed by atoms with Gasteiger partial charge in [-0.25, -0.2) is 4.98 Å². The van der Waals surface area contributed by atoms with Crippen LogP contribution in [-0.4, -0.2) is 35.4 Å². The van der Waals surface area contributed by atoms with Crippen molar-refractivity contribution in [2.45, 2.75) is 38.1 Å². The van der Waals surface area contributed by atoms with Crippen LogP contribution in [0.15, 0.2) is 18.3 Å². The standard InChI is InChI=1S/C16H21N3O/c1-19(14-9-3-2-4-10-14)16(20)15-13(7-5-11-17)8-6-12-18-15/h6,8,12,14H,2-4,9-11,17H2,1H3. The molecule has 0 spiro atoms. The molecule has 1 heterocycles. The Hall–Kier alpha value is -1.86. The van der Waals surface area contributed by atoms with Crippen LogP contribution in [0.5, 0.6) is 0 Å². The van der Waals surface area contributed by atoms with Crippen molar-refractivity contribution < 1.29 is 4.79 Å². The Kier molecular flexibility index (Phi) is 5.14. The minimum absolute atomic E-state index is 0.0428. The smallest absolute Gasteiger partial charge is 0.273 e. The zero-order valence-electron chi connectivity index (χ0n) is 11.9. The molecule has 0 radical (unpaired) electrons. The molecule has 0 aliphatic heterocycles. The topological polar surface area (TPSA) is 59.2 Å². The molecule has 0 bridgehead atoms. The molecule has 20 heavy (non-hydrogen) atoms. The molecule has 0 unspecified atom stereocenters. The first-order valence-corrected chi connectivity index (χ1v) is 7.15. The van der Waals surface area contributed by atoms with Crippen LogP contribution in [0.2, 0.25) is 0 Å². The van der Waals surface area contributed by atoms with Crippen LogP contribution in [-0.2, 0) is 0 Å². The summed E-state index contributed by atoms with van der Waals surface area (Å²) in [5, 5.41) is 0. The van der Waals surface area contributed by atoms with Gasteiger partial charge in [-0.2, -0.15) is 0 Å². The van der Waals surface area contributed by atoms with Crippen molar-refractivity contribution in [2.75, 3.05) is 13.6 Å². The van der Waals surface area contributed by atoms with Crippen LogP contribution < -0.4 is 5.73 Å². The van der Waals surface area contributed by atoms with Gasteiger partial charge in [-0.1, -0.05) is 31.1 Å². The molecule has 1 aliphatic rings. The highest BCUT2D eigenvalue weighted by atomic mass is 16.2. The number of rotatable bonds is 2. The van der Waals surface area contributed by atoms with Crippen molar-refractivity contribution in [1.29, 1.82) is 0 Å². The zero-order chi connectivity index (χ0) is 14.4. The molecule has 1 aromatic heterocycles. The summed E-state index contributed by atoms with van der Waals surface area (Å²) in [6.07, 6.45) is 7.47. The predicted molar refractivity (Wildman–Crippen MR) is 79.1 cm³/mol. The van der Waals surface area contributed by atoms with E-state index < -0.39 is 0 Å². The molecule has 2 rings (SSSR count). The largest absolute Gasteiger partial charge is 0.337 e. The second kappa shape index (κ2) is 7.06. The Balaban J connectivity index is 2.19. The summed E-state index contributed by atoms with van der Waals surface area (Å²) < 4.78 is 0. The number of hydrogen-bond donors (Lipinski definition) is 1. The zero-order valence-corrected chi connectivity index (χ0v) is 11.9. The van der Waals surface area contributed by atoms with Gasteiger partial charge in [0.25, 0.3) is 5.91 Å². The summed E-state index contributed by atoms with van der Waals surface area (Å²) in [5.74, 6) is 5.67. The Morgan fingerprint density at radius 1 is 1.45 bits per heavy atom. The van der Waals surface area contributed by atoms with E-state index in [2.05, 4.69) is 16.8 Å². The fourth-order valence-corrected chi connectivity index (χ4v) is 2.62. The van der Waals surface area contributed by atoms with Gasteiger partial charge in [0.15, 0.2) is 0 Å². The highest BCUT2D eigenvalue weighted by Gasteiger charge is 2.24. The van der Waals surface area contributed by atoms with Crippen molar-refractivity contribution in [3.05, 3.63) is 29.6 Å². The summed E-state index contributed by atoms with van der Waals surface area (Å²) in [5.41, 5.74) is 6.48. The molecular weight excluding hydrogens is 250 g/mol. The molecule has 4 nitrogen and oxygen atoms in total. The number of aromatic nitrogens is 1. The lowest BCUT2D eigenvalue weighted by Crippen LogP contribution is -2.39. The molecule has 4 heteroatoms. The molecule has 1 saturated carbocycles. The van der Waals surface area contributed by atoms with Gasteiger partial charge in [-0.3, -0.25) is 4.79 Å². The van der Waals surface area contributed by atoms with E-state index in [0.717, 1.165) is 12.8 Å². The highest BCUT2D eigenvalue weighted by molar-refractivity contribution is 5.94. The lowest BCUT2D eigenvalue weighted by molar-refractivity contribution is 0.0690. The lowest BCUT2D eigenvalue weighted by atomic mass is 9.94. The van der Waals surface area contributed by atoms with Crippen molar-refractivity contribution >= 4 is 5.91 Å². The number of nitrogens with two attached hydrogens (primary N) is 1. The molecule has 0 atom stereocenters. The van der Waals surface area contributed by atoms with Gasteiger partial charge in [0.1, 0.15) is 5.69 Å². The minimum Gasteiger partial charge on any atom is -0.337 e. The first-order valence-electron chi connectivity index (χ1n) is 7.15. The van der Waals surface area contributed by atoms with E-state index in [9.17, 15) is 4.79 Å². The number of nitrogens with zero attached hydrogens (tertiary/aromatic N) is 2. The Labute approximate surface area is 120 Å². The fraction of sp³-hybridized carbons (Fsp3) is 0.500. The van der Waals surface area contributed by atoms with E-state index in [0.29, 0.717) is 17.3 Å². The molecular formula is C16H21N3O. The Bertz CT molecular complexity index is 524. The monoisotopic (exact) mass is 271 g/mol. The maximum atomic E-state index is 12.6. The summed E-state index contributed by atoms with van der Waals surface area (Å²) in [6, 6.07) is 3.93. The maximum Gasteiger partial charge on any atom is 0.273 e. The molecule has 0 aromatic carbocycles. The van der Waals surface area contributed by atoms with E-state index in [1.54, 1.807) is 12.3 Å². The van der Waals surface area contributed by atoms with Gasteiger partial charge < -0.3 is 10.6 Å². The van der Waals surface area contributed by atoms with E-state index in [1.165, 1.54) is 19.3 Å². The van der Waals surface area contributed by atoms with Crippen molar-refractivity contribution in [3.8, 4) is 11.8 Å². The fourth-order valence-electron chi connectivity index (χ4n) is 2.62. The maximum absolute atomic E-state index is 12.6. The van der Waals surface area contributed by atoms with E-state index in [4.69, 9.17) is 5.73 Å². The summed E-state index contributed by atoms with van der Waals surface area (Å²) in [4.78, 5) is 18.6. The average molecular weight is 271 g/mol. The Morgan fingerprint density at radius 3 is 2.90 bits per heavy atom. The van der Waals surface area contributed by atoms with Crippen LogP contribution in [0.1, 0.15) is 48.2 Å². The lowest BCUT2D eigenvalue weighted by Gasteiger charge is -2.31. The predicted octanol–water partition coefficient (Wildman–Crippen LogP) is 1.80. The van der Waals surface area contributed by atoms with E-state index in [1.807, 2.05) is 18.0 Å². The van der Waals surface area contributed by atoms with Crippen LogP contribution in [0, 0.1) is 11.8 Å². The van der Waals surface area contributed by atoms with Crippen LogP contribution in [0.25, 0.3) is 0 Å². The van der Waals surface area contributed by atoms with Crippen LogP contribution >= 0.6 is 0 Å². The van der Waals surface area contributed by atoms with Gasteiger partial charge in [0.05, 0.1) is 12.1 Å². The van der Waals surface area contributed by atoms with Crippen molar-refractivity contribution in [3.63, 3.8) is 0 Å². The third kappa shape index (κ3) is 3.37. The van der Waals surface area contributed by atoms with Crippen molar-refractivity contribution in [1.82, 2.24) is 9.88 Å². The van der Waals surface area contributed by atoms with Gasteiger partial charge in [-0.05, 0) is 25.0 Å². The first kappa shape index (κ1) is 14.5. The minimum atomic E-state index is -0.0428. The van der Waals surface area contributed by atoms with Gasteiger partial charge in [0, 0.05) is 19.3 Å². The molecule has 2 N–H and O–H groups in total. The summed E-state index contributed by atoms with van der Waals surface area (Å²) >= 11 is 0. The van der Waals surface area contributed by atoms with Crippen LogP contribution in [0.3, 0.4) is 0 Å². The molecule has 106 valence electrons. The summed E-state index contributed by atoms with van der Waals surface area (Å²) in [7, 11) is 1.87. The van der Waals surface area contributed by atoms with Gasteiger partial charge in [-0.15, -0.1) is 0 Å². The third-order valence-electron chi connectivity index (χ3n) is 3.78. The highest BCUT2D eigenvalue weighted by Crippen LogP contribution is 2.23. The van der Waals surface area contributed by atoms with Gasteiger partial charge >= 0.3 is 0 Å². The number of hydrogen-bond acceptors (Lipinski definition) is 3. The molecule has 1 aromatic rings. The summed E-state index contributed by atoms with van der Waals surface area (Å²) in [6.45, 7) is 0.279. The molecule has 1 amide bonds. The first-order chi connectivity index (χ1) is 9.74. The second-order valence-electron chi connectivity index (χ2n) is 5.11. The number of carbonyl (C=O) groups is 1. The van der Waals surface area contributed by atoms with Crippen molar-refractivity contribution in [2.24, 2.45) is 5.73 Å². The average Bonchev–Trinajstić information content (AvgIpc) is 2.52. The van der Waals surface area contributed by atoms with Crippen LogP contribution in [0.4, 0.5) is 0 Å². The molecule has 1 fully saturated rings. The number of carbonyl (C=O) groups excluding carboxylic acids is 1. The second-order valence-corrected chi connectivity index (χ2v) is 5.11. The molecule has 1 aliphatic carbocycles. The number of pyridine rings is 1. The Morgan fingerprint density at radius 2 is 2.20 bits per heavy atom. The van der Waals surface area contributed by atoms with Gasteiger partial charge in [0.2, 0.25) is 0 Å². The molecule has 0 saturated heterocycles. The number of amides is 1. The normalized spacial score (nSPS) is 15.3. The quantitative estimate of drug-likeness (QED) is 0.834. The van der Waals surface area contributed by atoms with E-state index in [-0.39, 0.29) is 12.5 Å². The van der Waals surface area contributed by atoms with E-state index >= 15 is 0 Å². The third-order valence-corrected chi connectivity index (χ3v) is 3.78.